The maximum absolute atomic E-state index is 13.0. The van der Waals surface area contributed by atoms with Gasteiger partial charge in [-0.15, -0.1) is 0 Å². The fourth-order valence-corrected chi connectivity index (χ4v) is 1.63. The first-order chi connectivity index (χ1) is 7.57. The van der Waals surface area contributed by atoms with Crippen LogP contribution in [-0.2, 0) is 0 Å². The van der Waals surface area contributed by atoms with Crippen molar-refractivity contribution in [2.45, 2.75) is 18.1 Å². The Bertz CT molecular complexity index is 420. The van der Waals surface area contributed by atoms with Gasteiger partial charge >= 0.3 is 12.1 Å². The molecule has 0 aromatic heterocycles. The van der Waals surface area contributed by atoms with E-state index < -0.39 is 29.5 Å². The molecule has 96 valence electrons. The van der Waals surface area contributed by atoms with E-state index >= 15 is 0 Å². The Hall–Kier alpha value is -0.890. The number of phenols is 1. The van der Waals surface area contributed by atoms with Gasteiger partial charge in [0, 0.05) is 4.47 Å². The zero-order valence-corrected chi connectivity index (χ0v) is 9.69. The van der Waals surface area contributed by atoms with E-state index in [0.717, 1.165) is 18.2 Å². The monoisotopic (exact) mass is 319 g/mol. The average Bonchev–Trinajstić information content (AvgIpc) is 2.19. The Labute approximate surface area is 101 Å². The van der Waals surface area contributed by atoms with Crippen LogP contribution in [0.1, 0.15) is 11.6 Å². The topological polar surface area (TPSA) is 46.2 Å². The van der Waals surface area contributed by atoms with Crippen molar-refractivity contribution in [1.82, 2.24) is 0 Å². The lowest BCUT2D eigenvalue weighted by atomic mass is 10.0. The first-order valence-corrected chi connectivity index (χ1v) is 5.05. The third-order valence-electron chi connectivity index (χ3n) is 2.08. The molecule has 2 nitrogen and oxygen atoms in total. The molecule has 0 bridgehead atoms. The Morgan fingerprint density at radius 1 is 1.18 bits per heavy atom. The molecule has 0 saturated carbocycles. The summed E-state index contributed by atoms with van der Waals surface area (Å²) in [4.78, 5) is 0. The van der Waals surface area contributed by atoms with Crippen molar-refractivity contribution in [2.75, 3.05) is 0 Å². The van der Waals surface area contributed by atoms with E-state index in [4.69, 9.17) is 10.8 Å². The quantitative estimate of drug-likeness (QED) is 0.821. The van der Waals surface area contributed by atoms with Crippen LogP contribution in [0.2, 0.25) is 0 Å². The molecule has 1 aromatic rings. The molecule has 0 radical (unpaired) electrons. The summed E-state index contributed by atoms with van der Waals surface area (Å²) >= 11 is 2.80. The third-order valence-corrected chi connectivity index (χ3v) is 2.81. The highest BCUT2D eigenvalue weighted by Gasteiger charge is 2.62. The number of halogens is 6. The van der Waals surface area contributed by atoms with Crippen LogP contribution in [0, 0.1) is 0 Å². The van der Waals surface area contributed by atoms with E-state index in [1.54, 1.807) is 0 Å². The van der Waals surface area contributed by atoms with Gasteiger partial charge in [0.15, 0.2) is 0 Å². The predicted molar refractivity (Wildman–Crippen MR) is 53.7 cm³/mol. The Kier molecular flexibility index (Phi) is 3.68. The number of hydrogen-bond acceptors (Lipinski definition) is 2. The fraction of sp³-hybridized carbons (Fsp3) is 0.333. The van der Waals surface area contributed by atoms with Crippen molar-refractivity contribution in [3.8, 4) is 5.75 Å². The molecule has 1 aromatic carbocycles. The minimum Gasteiger partial charge on any atom is -0.508 e. The van der Waals surface area contributed by atoms with Crippen LogP contribution in [0.25, 0.3) is 0 Å². The van der Waals surface area contributed by atoms with Gasteiger partial charge in [0.1, 0.15) is 11.8 Å². The van der Waals surface area contributed by atoms with Crippen LogP contribution in [-0.4, -0.2) is 17.2 Å². The van der Waals surface area contributed by atoms with Gasteiger partial charge in [0.2, 0.25) is 0 Å². The van der Waals surface area contributed by atoms with Gasteiger partial charge in [0.05, 0.1) is 0 Å². The van der Waals surface area contributed by atoms with Gasteiger partial charge in [-0.05, 0) is 23.8 Å². The summed E-state index contributed by atoms with van der Waals surface area (Å²) in [6.07, 6.45) is -5.75. The number of benzene rings is 1. The highest BCUT2D eigenvalue weighted by atomic mass is 79.9. The first kappa shape index (κ1) is 14.2. The van der Waals surface area contributed by atoms with Crippen LogP contribution >= 0.6 is 15.9 Å². The fourth-order valence-electron chi connectivity index (χ4n) is 1.14. The molecule has 0 amide bonds. The average molecular weight is 320 g/mol. The molecule has 1 atom stereocenters. The Morgan fingerprint density at radius 2 is 1.71 bits per heavy atom. The molecule has 0 heterocycles. The van der Waals surface area contributed by atoms with Gasteiger partial charge in [0.25, 0.3) is 0 Å². The van der Waals surface area contributed by atoms with E-state index in [0.29, 0.717) is 0 Å². The molecule has 8 heteroatoms. The minimum absolute atomic E-state index is 0.0354. The van der Waals surface area contributed by atoms with E-state index in [9.17, 15) is 22.0 Å². The lowest BCUT2D eigenvalue weighted by Crippen LogP contribution is -2.45. The van der Waals surface area contributed by atoms with Crippen LogP contribution in [0.5, 0.6) is 5.75 Å². The molecule has 17 heavy (non-hydrogen) atoms. The summed E-state index contributed by atoms with van der Waals surface area (Å²) in [6, 6.07) is 0.432. The third kappa shape index (κ3) is 2.68. The normalized spacial score (nSPS) is 14.8. The maximum atomic E-state index is 13.0. The highest BCUT2D eigenvalue weighted by molar-refractivity contribution is 9.10. The van der Waals surface area contributed by atoms with Gasteiger partial charge in [-0.2, -0.15) is 22.0 Å². The van der Waals surface area contributed by atoms with Crippen LogP contribution in [0.15, 0.2) is 22.7 Å². The largest absolute Gasteiger partial charge is 0.508 e. The number of nitrogens with two attached hydrogens (primary N) is 1. The number of rotatable bonds is 2. The molecule has 0 saturated heterocycles. The second-order valence-corrected chi connectivity index (χ2v) is 4.16. The van der Waals surface area contributed by atoms with Gasteiger partial charge in [-0.3, -0.25) is 0 Å². The second kappa shape index (κ2) is 4.41. The molecule has 3 N–H and O–H groups in total. The first-order valence-electron chi connectivity index (χ1n) is 4.26. The molecule has 1 rings (SSSR count). The van der Waals surface area contributed by atoms with Gasteiger partial charge in [-0.1, -0.05) is 15.9 Å². The van der Waals surface area contributed by atoms with Crippen molar-refractivity contribution >= 4 is 15.9 Å². The molecule has 0 aliphatic rings. The smallest absolute Gasteiger partial charge is 0.455 e. The van der Waals surface area contributed by atoms with Crippen molar-refractivity contribution in [3.05, 3.63) is 28.2 Å². The van der Waals surface area contributed by atoms with E-state index in [1.807, 2.05) is 0 Å². The summed E-state index contributed by atoms with van der Waals surface area (Å²) in [5.74, 6) is -5.53. The number of phenolic OH excluding ortho intramolecular Hbond substituents is 1. The van der Waals surface area contributed by atoms with Crippen molar-refractivity contribution in [1.29, 1.82) is 0 Å². The lowest BCUT2D eigenvalue weighted by molar-refractivity contribution is -0.291. The van der Waals surface area contributed by atoms with Crippen molar-refractivity contribution < 1.29 is 27.1 Å². The van der Waals surface area contributed by atoms with Crippen molar-refractivity contribution in [3.63, 3.8) is 0 Å². The molecule has 0 aliphatic heterocycles. The highest BCUT2D eigenvalue weighted by Crippen LogP contribution is 2.45. The van der Waals surface area contributed by atoms with Crippen LogP contribution in [0.4, 0.5) is 22.0 Å². The summed E-state index contributed by atoms with van der Waals surface area (Å²) in [5, 5.41) is 9.05. The zero-order chi connectivity index (χ0) is 13.4. The number of aromatic hydroxyl groups is 1. The molecule has 0 fully saturated rings. The summed E-state index contributed by atoms with van der Waals surface area (Å²) in [6.45, 7) is 0. The Morgan fingerprint density at radius 3 is 2.18 bits per heavy atom. The summed E-state index contributed by atoms with van der Waals surface area (Å²) in [7, 11) is 0. The standard InChI is InChI=1S/C9H7BrF5NO/c10-6-2-1-4(17)3-5(6)7(16)8(11,12)9(13,14)15/h1-3,7,17H,16H2/t7-/m1/s1. The predicted octanol–water partition coefficient (Wildman–Crippen LogP) is 3.35. The molecule has 0 aliphatic carbocycles. The number of alkyl halides is 5. The lowest BCUT2D eigenvalue weighted by Gasteiger charge is -2.26. The minimum atomic E-state index is -5.75. The number of hydrogen-bond donors (Lipinski definition) is 2. The van der Waals surface area contributed by atoms with Crippen LogP contribution in [0.3, 0.4) is 0 Å². The van der Waals surface area contributed by atoms with E-state index in [2.05, 4.69) is 15.9 Å². The van der Waals surface area contributed by atoms with E-state index in [1.165, 1.54) is 0 Å². The SMILES string of the molecule is N[C@H](c1cc(O)ccc1Br)C(F)(F)C(F)(F)F. The van der Waals surface area contributed by atoms with Crippen molar-refractivity contribution in [2.24, 2.45) is 5.73 Å². The zero-order valence-electron chi connectivity index (χ0n) is 8.10. The molecular weight excluding hydrogens is 313 g/mol. The molecule has 0 unspecified atom stereocenters. The van der Waals surface area contributed by atoms with Gasteiger partial charge < -0.3 is 10.8 Å². The molecular formula is C9H7BrF5NO. The molecule has 0 spiro atoms. The van der Waals surface area contributed by atoms with E-state index in [-0.39, 0.29) is 4.47 Å². The Balaban J connectivity index is 3.21. The second-order valence-electron chi connectivity index (χ2n) is 3.30. The van der Waals surface area contributed by atoms with Gasteiger partial charge in [-0.25, -0.2) is 0 Å². The van der Waals surface area contributed by atoms with Crippen LogP contribution < -0.4 is 5.73 Å². The summed E-state index contributed by atoms with van der Waals surface area (Å²) < 4.78 is 62.2. The summed E-state index contributed by atoms with van der Waals surface area (Å²) in [5.41, 5.74) is 4.40. The maximum Gasteiger partial charge on any atom is 0.455 e.